The van der Waals surface area contributed by atoms with Gasteiger partial charge < -0.3 is 5.32 Å². The van der Waals surface area contributed by atoms with Gasteiger partial charge in [0.25, 0.3) is 0 Å². The molecule has 0 aliphatic rings. The first kappa shape index (κ1) is 16.3. The van der Waals surface area contributed by atoms with E-state index >= 15 is 0 Å². The quantitative estimate of drug-likeness (QED) is 0.614. The van der Waals surface area contributed by atoms with Crippen LogP contribution >= 0.6 is 11.8 Å². The average Bonchev–Trinajstić information content (AvgIpc) is 2.25. The van der Waals surface area contributed by atoms with Crippen LogP contribution in [0, 0.1) is 0 Å². The summed E-state index contributed by atoms with van der Waals surface area (Å²) >= 11 is 1.95. The molecule has 0 amide bonds. The zero-order valence-corrected chi connectivity index (χ0v) is 12.3. The van der Waals surface area contributed by atoms with Crippen molar-refractivity contribution in [3.63, 3.8) is 0 Å². The topological polar surface area (TPSA) is 46.2 Å². The third-order valence-corrected chi connectivity index (χ3v) is 5.19. The number of sulfone groups is 1. The maximum atomic E-state index is 11.2. The van der Waals surface area contributed by atoms with Gasteiger partial charge >= 0.3 is 0 Å². The summed E-state index contributed by atoms with van der Waals surface area (Å²) in [6.45, 7) is 6.83. The standard InChI is InChI=1S/C11H25NO2S2/c1-4-15-9-7-11(3)12-8-6-10-16(13,14)5-2/h11-12H,4-10H2,1-3H3. The van der Waals surface area contributed by atoms with Crippen LogP contribution in [0.4, 0.5) is 0 Å². The van der Waals surface area contributed by atoms with Gasteiger partial charge in [-0.05, 0) is 37.8 Å². The fourth-order valence-electron chi connectivity index (χ4n) is 1.29. The summed E-state index contributed by atoms with van der Waals surface area (Å²) in [6.07, 6.45) is 1.88. The monoisotopic (exact) mass is 267 g/mol. The third kappa shape index (κ3) is 9.48. The number of hydrogen-bond acceptors (Lipinski definition) is 4. The van der Waals surface area contributed by atoms with Gasteiger partial charge in [-0.15, -0.1) is 0 Å². The minimum Gasteiger partial charge on any atom is -0.314 e. The Balaban J connectivity index is 3.44. The fourth-order valence-corrected chi connectivity index (χ4v) is 2.97. The molecule has 0 aromatic carbocycles. The van der Waals surface area contributed by atoms with Crippen molar-refractivity contribution in [1.82, 2.24) is 5.32 Å². The van der Waals surface area contributed by atoms with Crippen molar-refractivity contribution in [2.75, 3.05) is 29.6 Å². The molecule has 0 saturated heterocycles. The molecule has 0 fully saturated rings. The van der Waals surface area contributed by atoms with E-state index in [0.717, 1.165) is 19.4 Å². The zero-order chi connectivity index (χ0) is 12.4. The number of nitrogens with one attached hydrogen (secondary N) is 1. The lowest BCUT2D eigenvalue weighted by atomic mass is 10.2. The van der Waals surface area contributed by atoms with E-state index < -0.39 is 9.84 Å². The molecule has 1 atom stereocenters. The summed E-state index contributed by atoms with van der Waals surface area (Å²) < 4.78 is 22.4. The molecule has 1 N–H and O–H groups in total. The van der Waals surface area contributed by atoms with E-state index in [-0.39, 0.29) is 5.75 Å². The molecule has 0 aromatic rings. The summed E-state index contributed by atoms with van der Waals surface area (Å²) in [5.41, 5.74) is 0. The lowest BCUT2D eigenvalue weighted by molar-refractivity contribution is 0.532. The minimum absolute atomic E-state index is 0.260. The highest BCUT2D eigenvalue weighted by molar-refractivity contribution is 7.99. The van der Waals surface area contributed by atoms with Gasteiger partial charge in [-0.25, -0.2) is 8.42 Å². The summed E-state index contributed by atoms with van der Waals surface area (Å²) in [5, 5.41) is 3.36. The summed E-state index contributed by atoms with van der Waals surface area (Å²) in [7, 11) is -2.78. The molecule has 0 heterocycles. The number of hydrogen-bond donors (Lipinski definition) is 1. The molecule has 0 radical (unpaired) electrons. The van der Waals surface area contributed by atoms with Gasteiger partial charge in [0.2, 0.25) is 0 Å². The van der Waals surface area contributed by atoms with Gasteiger partial charge in [0, 0.05) is 11.8 Å². The highest BCUT2D eigenvalue weighted by Crippen LogP contribution is 2.03. The lowest BCUT2D eigenvalue weighted by Crippen LogP contribution is -2.28. The van der Waals surface area contributed by atoms with Crippen LogP contribution in [0.3, 0.4) is 0 Å². The van der Waals surface area contributed by atoms with E-state index in [0.29, 0.717) is 11.8 Å². The van der Waals surface area contributed by atoms with Gasteiger partial charge in [-0.1, -0.05) is 13.8 Å². The molecule has 0 aliphatic heterocycles. The molecular formula is C11H25NO2S2. The second-order valence-corrected chi connectivity index (χ2v) is 7.80. The largest absolute Gasteiger partial charge is 0.314 e. The third-order valence-electron chi connectivity index (χ3n) is 2.46. The van der Waals surface area contributed by atoms with E-state index in [1.165, 1.54) is 11.5 Å². The molecule has 0 spiro atoms. The Hall–Kier alpha value is 0.260. The molecule has 16 heavy (non-hydrogen) atoms. The van der Waals surface area contributed by atoms with Crippen molar-refractivity contribution in [2.45, 2.75) is 39.7 Å². The van der Waals surface area contributed by atoms with Crippen molar-refractivity contribution in [1.29, 1.82) is 0 Å². The highest BCUT2D eigenvalue weighted by Gasteiger charge is 2.07. The first-order valence-electron chi connectivity index (χ1n) is 6.03. The van der Waals surface area contributed by atoms with Crippen LogP contribution in [0.2, 0.25) is 0 Å². The Labute approximate surface area is 105 Å². The summed E-state index contributed by atoms with van der Waals surface area (Å²) in [5.74, 6) is 2.92. The van der Waals surface area contributed by atoms with E-state index in [9.17, 15) is 8.42 Å². The van der Waals surface area contributed by atoms with Crippen LogP contribution in [-0.4, -0.2) is 44.0 Å². The summed E-state index contributed by atoms with van der Waals surface area (Å²) in [4.78, 5) is 0. The van der Waals surface area contributed by atoms with Crippen molar-refractivity contribution >= 4 is 21.6 Å². The predicted molar refractivity (Wildman–Crippen MR) is 74.0 cm³/mol. The molecule has 98 valence electrons. The van der Waals surface area contributed by atoms with Crippen LogP contribution in [0.5, 0.6) is 0 Å². The first-order valence-corrected chi connectivity index (χ1v) is 9.01. The molecule has 0 rings (SSSR count). The Morgan fingerprint density at radius 1 is 1.31 bits per heavy atom. The van der Waals surface area contributed by atoms with Crippen LogP contribution in [-0.2, 0) is 9.84 Å². The normalized spacial score (nSPS) is 13.9. The van der Waals surface area contributed by atoms with Crippen LogP contribution < -0.4 is 5.32 Å². The van der Waals surface area contributed by atoms with Gasteiger partial charge in [-0.2, -0.15) is 11.8 Å². The van der Waals surface area contributed by atoms with Crippen molar-refractivity contribution in [3.05, 3.63) is 0 Å². The lowest BCUT2D eigenvalue weighted by Gasteiger charge is -2.13. The maximum absolute atomic E-state index is 11.2. The molecule has 1 unspecified atom stereocenters. The maximum Gasteiger partial charge on any atom is 0.150 e. The van der Waals surface area contributed by atoms with Crippen LogP contribution in [0.25, 0.3) is 0 Å². The summed E-state index contributed by atoms with van der Waals surface area (Å²) in [6, 6.07) is 0.489. The van der Waals surface area contributed by atoms with E-state index in [4.69, 9.17) is 0 Å². The Bertz CT molecular complexity index is 253. The molecular weight excluding hydrogens is 242 g/mol. The Morgan fingerprint density at radius 2 is 2.00 bits per heavy atom. The van der Waals surface area contributed by atoms with E-state index in [1.54, 1.807) is 6.92 Å². The van der Waals surface area contributed by atoms with Crippen molar-refractivity contribution in [3.8, 4) is 0 Å². The molecule has 0 saturated carbocycles. The Kier molecular flexibility index (Phi) is 9.46. The van der Waals surface area contributed by atoms with E-state index in [1.807, 2.05) is 11.8 Å². The predicted octanol–water partition coefficient (Wildman–Crippen LogP) is 1.93. The van der Waals surface area contributed by atoms with Gasteiger partial charge in [0.1, 0.15) is 9.84 Å². The number of thioether (sulfide) groups is 1. The smallest absolute Gasteiger partial charge is 0.150 e. The van der Waals surface area contributed by atoms with E-state index in [2.05, 4.69) is 19.2 Å². The minimum atomic E-state index is -2.78. The first-order chi connectivity index (χ1) is 7.52. The molecule has 0 aliphatic carbocycles. The molecule has 3 nitrogen and oxygen atoms in total. The Morgan fingerprint density at radius 3 is 2.56 bits per heavy atom. The second-order valence-electron chi connectivity index (χ2n) is 3.93. The molecule has 0 bridgehead atoms. The zero-order valence-electron chi connectivity index (χ0n) is 10.7. The van der Waals surface area contributed by atoms with Gasteiger partial charge in [0.15, 0.2) is 0 Å². The van der Waals surface area contributed by atoms with Gasteiger partial charge in [-0.3, -0.25) is 0 Å². The van der Waals surface area contributed by atoms with Gasteiger partial charge in [0.05, 0.1) is 5.75 Å². The van der Waals surface area contributed by atoms with Crippen molar-refractivity contribution in [2.24, 2.45) is 0 Å². The van der Waals surface area contributed by atoms with Crippen LogP contribution in [0.15, 0.2) is 0 Å². The fraction of sp³-hybridized carbons (Fsp3) is 1.00. The SMILES string of the molecule is CCSCCC(C)NCCCS(=O)(=O)CC. The molecule has 5 heteroatoms. The second kappa shape index (κ2) is 9.31. The van der Waals surface area contributed by atoms with Crippen molar-refractivity contribution < 1.29 is 8.42 Å². The highest BCUT2D eigenvalue weighted by atomic mass is 32.2. The molecule has 0 aromatic heterocycles. The average molecular weight is 267 g/mol. The van der Waals surface area contributed by atoms with Crippen LogP contribution in [0.1, 0.15) is 33.6 Å². The number of rotatable bonds is 10.